The third-order valence-corrected chi connectivity index (χ3v) is 7.91. The third kappa shape index (κ3) is 6.50. The summed E-state index contributed by atoms with van der Waals surface area (Å²) in [6.45, 7) is 8.36. The number of ether oxygens (including phenoxy) is 1. The quantitative estimate of drug-likeness (QED) is 0.360. The number of hydrogen-bond donors (Lipinski definition) is 2. The van der Waals surface area contributed by atoms with Gasteiger partial charge in [-0.3, -0.25) is 9.59 Å². The molecule has 40 heavy (non-hydrogen) atoms. The average molecular weight is 554 g/mol. The Morgan fingerprint density at radius 1 is 1.12 bits per heavy atom. The van der Waals surface area contributed by atoms with Crippen molar-refractivity contribution in [1.82, 2.24) is 10.2 Å². The number of halogens is 2. The van der Waals surface area contributed by atoms with Crippen molar-refractivity contribution in [3.63, 3.8) is 0 Å². The van der Waals surface area contributed by atoms with E-state index in [0.29, 0.717) is 41.5 Å². The fourth-order valence-corrected chi connectivity index (χ4v) is 5.63. The van der Waals surface area contributed by atoms with E-state index >= 15 is 0 Å². The molecule has 1 atom stereocenters. The van der Waals surface area contributed by atoms with Crippen molar-refractivity contribution in [3.05, 3.63) is 87.9 Å². The molecule has 2 saturated heterocycles. The topological polar surface area (TPSA) is 70.7 Å². The van der Waals surface area contributed by atoms with E-state index in [-0.39, 0.29) is 33.2 Å². The zero-order chi connectivity index (χ0) is 28.3. The first-order valence-electron chi connectivity index (χ1n) is 14.0. The Hall–Kier alpha value is -3.36. The molecule has 1 amide bonds. The number of rotatable bonds is 10. The van der Waals surface area contributed by atoms with Gasteiger partial charge in [-0.15, -0.1) is 0 Å². The number of allylic oxidation sites excluding steroid dienone is 4. The SMILES string of the molecule is C/C(=C\C=C(\F)CCC(C)F)Nc1ccc2c(c1)CCc1ccc(C(=O)NCCN3CC4(COC4)C3)cc1C2=O.[HH].[HH]. The Labute approximate surface area is 237 Å². The normalized spacial score (nSPS) is 19.1. The predicted octanol–water partition coefficient (Wildman–Crippen LogP) is 5.88. The highest BCUT2D eigenvalue weighted by molar-refractivity contribution is 6.12. The molecule has 2 aromatic rings. The number of ketones is 1. The van der Waals surface area contributed by atoms with Gasteiger partial charge in [-0.25, -0.2) is 8.78 Å². The Kier molecular flexibility index (Phi) is 8.47. The van der Waals surface area contributed by atoms with Crippen molar-refractivity contribution in [2.24, 2.45) is 5.41 Å². The lowest BCUT2D eigenvalue weighted by Crippen LogP contribution is -2.66. The highest BCUT2D eigenvalue weighted by Gasteiger charge is 2.48. The monoisotopic (exact) mass is 553 g/mol. The Bertz CT molecular complexity index is 1350. The van der Waals surface area contributed by atoms with Crippen LogP contribution >= 0.6 is 0 Å². The molecule has 5 rings (SSSR count). The molecule has 1 aliphatic carbocycles. The summed E-state index contributed by atoms with van der Waals surface area (Å²) in [6.07, 6.45) is 3.56. The lowest BCUT2D eigenvalue weighted by molar-refractivity contribution is -0.188. The van der Waals surface area contributed by atoms with E-state index in [2.05, 4.69) is 15.5 Å². The van der Waals surface area contributed by atoms with Gasteiger partial charge >= 0.3 is 0 Å². The van der Waals surface area contributed by atoms with E-state index < -0.39 is 6.17 Å². The maximum Gasteiger partial charge on any atom is 0.251 e. The standard InChI is InChI=1S/C32H37F2N3O3.2H2/c1-21(33)3-9-26(34)10-4-22(2)36-27-11-12-28-24(15-27)7-5-23-6-8-25(16-29(23)30(28)38)31(39)35-13-14-37-17-32(18-37)19-40-20-32;;/h4,6,8,10-12,15-16,21,36H,3,5,7,9,13-14,17-20H2,1-2H3,(H,35,39);2*1H/b22-4+,26-10+;;. The van der Waals surface area contributed by atoms with E-state index in [0.717, 1.165) is 55.4 Å². The molecule has 1 unspecified atom stereocenters. The molecule has 1 spiro atoms. The van der Waals surface area contributed by atoms with Gasteiger partial charge in [0, 0.05) is 68.9 Å². The zero-order valence-corrected chi connectivity index (χ0v) is 23.2. The number of nitrogens with zero attached hydrogens (tertiary/aromatic N) is 1. The molecule has 216 valence electrons. The largest absolute Gasteiger partial charge is 0.380 e. The third-order valence-electron chi connectivity index (χ3n) is 7.91. The van der Waals surface area contributed by atoms with E-state index in [9.17, 15) is 18.4 Å². The number of hydrogen-bond acceptors (Lipinski definition) is 5. The van der Waals surface area contributed by atoms with Crippen LogP contribution in [0.3, 0.4) is 0 Å². The number of benzene rings is 2. The molecule has 2 fully saturated rings. The van der Waals surface area contributed by atoms with Crippen molar-refractivity contribution < 1.29 is 26.0 Å². The molecule has 2 heterocycles. The zero-order valence-electron chi connectivity index (χ0n) is 23.2. The lowest BCUT2D eigenvalue weighted by Gasteiger charge is -2.55. The Morgan fingerprint density at radius 3 is 2.62 bits per heavy atom. The predicted molar refractivity (Wildman–Crippen MR) is 156 cm³/mol. The summed E-state index contributed by atoms with van der Waals surface area (Å²) >= 11 is 0. The first kappa shape index (κ1) is 28.2. The fourth-order valence-electron chi connectivity index (χ4n) is 5.63. The highest BCUT2D eigenvalue weighted by atomic mass is 19.1. The second-order valence-electron chi connectivity index (χ2n) is 11.4. The van der Waals surface area contributed by atoms with E-state index in [4.69, 9.17) is 4.74 Å². The summed E-state index contributed by atoms with van der Waals surface area (Å²) in [5.74, 6) is -0.622. The molecule has 0 saturated carbocycles. The molecular formula is C32H41F2N3O3. The first-order valence-corrected chi connectivity index (χ1v) is 14.0. The second kappa shape index (κ2) is 12.0. The summed E-state index contributed by atoms with van der Waals surface area (Å²) in [4.78, 5) is 28.7. The minimum atomic E-state index is -1.03. The van der Waals surface area contributed by atoms with Crippen LogP contribution in [0.25, 0.3) is 0 Å². The van der Waals surface area contributed by atoms with Gasteiger partial charge in [0.05, 0.1) is 19.4 Å². The van der Waals surface area contributed by atoms with Crippen LogP contribution < -0.4 is 10.6 Å². The van der Waals surface area contributed by atoms with Crippen LogP contribution in [0.4, 0.5) is 14.5 Å². The number of fused-ring (bicyclic) bond motifs is 2. The van der Waals surface area contributed by atoms with Crippen molar-refractivity contribution in [2.75, 3.05) is 44.7 Å². The maximum atomic E-state index is 13.9. The molecule has 0 aromatic heterocycles. The van der Waals surface area contributed by atoms with E-state index in [1.54, 1.807) is 24.3 Å². The number of carbonyl (C=O) groups excluding carboxylic acids is 2. The fraction of sp³-hybridized carbons (Fsp3) is 0.438. The van der Waals surface area contributed by atoms with Gasteiger partial charge in [0.1, 0.15) is 5.83 Å². The number of carbonyl (C=O) groups is 2. The Morgan fingerprint density at radius 2 is 1.90 bits per heavy atom. The van der Waals surface area contributed by atoms with Crippen molar-refractivity contribution in [3.8, 4) is 0 Å². The van der Waals surface area contributed by atoms with Crippen molar-refractivity contribution in [1.29, 1.82) is 0 Å². The summed E-state index contributed by atoms with van der Waals surface area (Å²) in [5, 5.41) is 6.23. The smallest absolute Gasteiger partial charge is 0.251 e. The van der Waals surface area contributed by atoms with E-state index in [1.165, 1.54) is 13.0 Å². The summed E-state index contributed by atoms with van der Waals surface area (Å²) < 4.78 is 32.1. The minimum absolute atomic E-state index is 0. The van der Waals surface area contributed by atoms with Gasteiger partial charge in [-0.2, -0.15) is 0 Å². The van der Waals surface area contributed by atoms with Crippen molar-refractivity contribution in [2.45, 2.75) is 45.7 Å². The average Bonchev–Trinajstić information content (AvgIpc) is 3.02. The second-order valence-corrected chi connectivity index (χ2v) is 11.4. The lowest BCUT2D eigenvalue weighted by atomic mass is 9.78. The van der Waals surface area contributed by atoms with Gasteiger partial charge in [-0.1, -0.05) is 6.07 Å². The molecule has 3 aliphatic rings. The van der Waals surface area contributed by atoms with Gasteiger partial charge in [0.2, 0.25) is 0 Å². The highest BCUT2D eigenvalue weighted by Crippen LogP contribution is 2.37. The van der Waals surface area contributed by atoms with Gasteiger partial charge in [-0.05, 0) is 86.7 Å². The van der Waals surface area contributed by atoms with Crippen LogP contribution in [0.5, 0.6) is 0 Å². The molecule has 0 bridgehead atoms. The molecule has 8 heteroatoms. The van der Waals surface area contributed by atoms with Crippen LogP contribution in [0.2, 0.25) is 0 Å². The summed E-state index contributed by atoms with van der Waals surface area (Å²) in [6, 6.07) is 11.0. The van der Waals surface area contributed by atoms with Gasteiger partial charge < -0.3 is 20.3 Å². The van der Waals surface area contributed by atoms with Crippen LogP contribution in [-0.2, 0) is 17.6 Å². The number of amides is 1. The number of alkyl halides is 1. The van der Waals surface area contributed by atoms with E-state index in [1.807, 2.05) is 25.1 Å². The molecule has 2 aliphatic heterocycles. The van der Waals surface area contributed by atoms with Crippen LogP contribution in [0.1, 0.15) is 66.9 Å². The number of anilines is 1. The van der Waals surface area contributed by atoms with Crippen LogP contribution in [-0.4, -0.2) is 62.2 Å². The minimum Gasteiger partial charge on any atom is -0.380 e. The van der Waals surface area contributed by atoms with Gasteiger partial charge in [0.25, 0.3) is 5.91 Å². The van der Waals surface area contributed by atoms with Crippen molar-refractivity contribution >= 4 is 17.4 Å². The number of nitrogens with one attached hydrogen (secondary N) is 2. The summed E-state index contributed by atoms with van der Waals surface area (Å²) in [5.41, 5.74) is 5.43. The molecule has 6 nitrogen and oxygen atoms in total. The van der Waals surface area contributed by atoms with Crippen LogP contribution in [0, 0.1) is 5.41 Å². The van der Waals surface area contributed by atoms with Gasteiger partial charge in [0.15, 0.2) is 5.78 Å². The number of likely N-dealkylation sites (tertiary alicyclic amines) is 1. The number of aryl methyl sites for hydroxylation is 2. The molecular weight excluding hydrogens is 512 g/mol. The Balaban J connectivity index is 0.00000242. The van der Waals surface area contributed by atoms with Crippen LogP contribution in [0.15, 0.2) is 60.1 Å². The first-order chi connectivity index (χ1) is 19.2. The maximum absolute atomic E-state index is 13.9. The summed E-state index contributed by atoms with van der Waals surface area (Å²) in [7, 11) is 0. The molecule has 2 aromatic carbocycles. The molecule has 0 radical (unpaired) electrons. The molecule has 2 N–H and O–H groups in total.